The first-order chi connectivity index (χ1) is 8.55. The number of carbonyl (C=O) groups excluding carboxylic acids is 1. The van der Waals surface area contributed by atoms with Gasteiger partial charge in [-0.1, -0.05) is 36.4 Å². The van der Waals surface area contributed by atoms with E-state index in [9.17, 15) is 13.6 Å². The highest BCUT2D eigenvalue weighted by Gasteiger charge is 2.42. The Balaban J connectivity index is 2.44. The Morgan fingerprint density at radius 3 is 2.50 bits per heavy atom. The van der Waals surface area contributed by atoms with Crippen LogP contribution in [0.5, 0.6) is 0 Å². The summed E-state index contributed by atoms with van der Waals surface area (Å²) in [6.45, 7) is 1.43. The van der Waals surface area contributed by atoms with Gasteiger partial charge in [0, 0.05) is 5.56 Å². The molecule has 0 saturated heterocycles. The summed E-state index contributed by atoms with van der Waals surface area (Å²) >= 11 is 0. The molecule has 0 unspecified atom stereocenters. The fourth-order valence-corrected chi connectivity index (χ4v) is 1.72. The molecule has 0 amide bonds. The van der Waals surface area contributed by atoms with E-state index in [1.165, 1.54) is 19.1 Å². The molecular weight excluding hydrogens is 238 g/mol. The van der Waals surface area contributed by atoms with Crippen molar-refractivity contribution in [3.63, 3.8) is 0 Å². The maximum absolute atomic E-state index is 13.8. The third kappa shape index (κ3) is 2.18. The molecule has 2 rings (SSSR count). The van der Waals surface area contributed by atoms with Gasteiger partial charge in [0.1, 0.15) is 0 Å². The molecule has 0 atom stereocenters. The topological polar surface area (TPSA) is 26.3 Å². The zero-order valence-corrected chi connectivity index (χ0v) is 9.82. The Bertz CT molecular complexity index is 579. The van der Waals surface area contributed by atoms with E-state index >= 15 is 0 Å². The fraction of sp³-hybridized carbons (Fsp3) is 0.214. The quantitative estimate of drug-likeness (QED) is 0.779. The van der Waals surface area contributed by atoms with Crippen LogP contribution in [0.15, 0.2) is 42.5 Å². The first kappa shape index (κ1) is 12.5. The van der Waals surface area contributed by atoms with E-state index in [4.69, 9.17) is 0 Å². The SMILES string of the molecule is CCOC(=O)C(F)(F)c1ccc2ccccc2c1. The van der Waals surface area contributed by atoms with Gasteiger partial charge >= 0.3 is 11.9 Å². The Morgan fingerprint density at radius 1 is 1.17 bits per heavy atom. The van der Waals surface area contributed by atoms with Gasteiger partial charge in [-0.25, -0.2) is 4.79 Å². The van der Waals surface area contributed by atoms with Gasteiger partial charge in [0.25, 0.3) is 0 Å². The standard InChI is InChI=1S/C14H12F2O2/c1-2-18-13(17)14(15,16)12-8-7-10-5-3-4-6-11(10)9-12/h3-9H,2H2,1H3. The number of benzene rings is 2. The Hall–Kier alpha value is -1.97. The summed E-state index contributed by atoms with van der Waals surface area (Å²) in [5.74, 6) is -5.12. The highest BCUT2D eigenvalue weighted by Crippen LogP contribution is 2.31. The van der Waals surface area contributed by atoms with Crippen molar-refractivity contribution in [1.82, 2.24) is 0 Å². The molecule has 94 valence electrons. The lowest BCUT2D eigenvalue weighted by Crippen LogP contribution is -2.28. The van der Waals surface area contributed by atoms with Gasteiger partial charge in [0.15, 0.2) is 0 Å². The van der Waals surface area contributed by atoms with Crippen molar-refractivity contribution in [2.45, 2.75) is 12.8 Å². The number of alkyl halides is 2. The normalized spacial score (nSPS) is 11.5. The molecule has 2 nitrogen and oxygen atoms in total. The Labute approximate surface area is 103 Å². The summed E-state index contributed by atoms with van der Waals surface area (Å²) in [5.41, 5.74) is -0.348. The minimum atomic E-state index is -3.61. The summed E-state index contributed by atoms with van der Waals surface area (Å²) in [6, 6.07) is 11.3. The zero-order chi connectivity index (χ0) is 13.2. The lowest BCUT2D eigenvalue weighted by Gasteiger charge is -2.15. The molecule has 0 saturated carbocycles. The number of rotatable bonds is 3. The average molecular weight is 250 g/mol. The predicted molar refractivity (Wildman–Crippen MR) is 64.5 cm³/mol. The van der Waals surface area contributed by atoms with Crippen molar-refractivity contribution in [1.29, 1.82) is 0 Å². The molecule has 0 aliphatic heterocycles. The molecule has 0 fully saturated rings. The highest BCUT2D eigenvalue weighted by atomic mass is 19.3. The second kappa shape index (κ2) is 4.72. The highest BCUT2D eigenvalue weighted by molar-refractivity contribution is 5.86. The van der Waals surface area contributed by atoms with E-state index in [1.54, 1.807) is 18.2 Å². The predicted octanol–water partition coefficient (Wildman–Crippen LogP) is 3.49. The third-order valence-corrected chi connectivity index (χ3v) is 2.64. The summed E-state index contributed by atoms with van der Waals surface area (Å²) in [5, 5.41) is 1.51. The van der Waals surface area contributed by atoms with Crippen LogP contribution in [0.3, 0.4) is 0 Å². The van der Waals surface area contributed by atoms with E-state index in [0.29, 0.717) is 5.39 Å². The molecule has 0 aromatic heterocycles. The molecule has 2 aromatic rings. The molecule has 0 bridgehead atoms. The molecule has 0 aliphatic carbocycles. The van der Waals surface area contributed by atoms with Crippen LogP contribution in [0, 0.1) is 0 Å². The van der Waals surface area contributed by atoms with Gasteiger partial charge in [0.2, 0.25) is 0 Å². The molecule has 0 heterocycles. The van der Waals surface area contributed by atoms with Crippen LogP contribution in [-0.2, 0) is 15.5 Å². The Morgan fingerprint density at radius 2 is 1.83 bits per heavy atom. The van der Waals surface area contributed by atoms with Crippen LogP contribution < -0.4 is 0 Å². The second-order valence-electron chi connectivity index (χ2n) is 3.86. The number of hydrogen-bond acceptors (Lipinski definition) is 2. The number of hydrogen-bond donors (Lipinski definition) is 0. The van der Waals surface area contributed by atoms with Crippen LogP contribution in [0.2, 0.25) is 0 Å². The van der Waals surface area contributed by atoms with E-state index in [2.05, 4.69) is 4.74 Å². The van der Waals surface area contributed by atoms with Crippen LogP contribution in [-0.4, -0.2) is 12.6 Å². The van der Waals surface area contributed by atoms with Gasteiger partial charge in [-0.2, -0.15) is 8.78 Å². The van der Waals surface area contributed by atoms with Gasteiger partial charge in [-0.05, 0) is 23.8 Å². The summed E-state index contributed by atoms with van der Waals surface area (Å²) in [4.78, 5) is 11.2. The number of carbonyl (C=O) groups is 1. The van der Waals surface area contributed by atoms with Gasteiger partial charge < -0.3 is 4.74 Å². The zero-order valence-electron chi connectivity index (χ0n) is 9.82. The van der Waals surface area contributed by atoms with Crippen molar-refractivity contribution in [3.05, 3.63) is 48.0 Å². The Kier molecular flexibility index (Phi) is 3.28. The van der Waals surface area contributed by atoms with Crippen LogP contribution in [0.1, 0.15) is 12.5 Å². The van der Waals surface area contributed by atoms with Gasteiger partial charge in [-0.3, -0.25) is 0 Å². The van der Waals surface area contributed by atoms with E-state index in [-0.39, 0.29) is 12.2 Å². The van der Waals surface area contributed by atoms with Crippen molar-refractivity contribution < 1.29 is 18.3 Å². The molecule has 0 N–H and O–H groups in total. The van der Waals surface area contributed by atoms with E-state index < -0.39 is 11.9 Å². The number of fused-ring (bicyclic) bond motifs is 1. The first-order valence-electron chi connectivity index (χ1n) is 5.60. The fourth-order valence-electron chi connectivity index (χ4n) is 1.72. The van der Waals surface area contributed by atoms with Crippen LogP contribution >= 0.6 is 0 Å². The average Bonchev–Trinajstić information content (AvgIpc) is 2.38. The smallest absolute Gasteiger partial charge is 0.381 e. The molecular formula is C14H12F2O2. The van der Waals surface area contributed by atoms with Gasteiger partial charge in [-0.15, -0.1) is 0 Å². The summed E-state index contributed by atoms with van der Waals surface area (Å²) in [7, 11) is 0. The number of esters is 1. The van der Waals surface area contributed by atoms with Crippen LogP contribution in [0.25, 0.3) is 10.8 Å². The monoisotopic (exact) mass is 250 g/mol. The molecule has 0 aliphatic rings. The first-order valence-corrected chi connectivity index (χ1v) is 5.60. The van der Waals surface area contributed by atoms with Crippen LogP contribution in [0.4, 0.5) is 8.78 Å². The lowest BCUT2D eigenvalue weighted by atomic mass is 10.0. The molecule has 0 spiro atoms. The summed E-state index contributed by atoms with van der Waals surface area (Å²) in [6.07, 6.45) is 0. The second-order valence-corrected chi connectivity index (χ2v) is 3.86. The molecule has 2 aromatic carbocycles. The van der Waals surface area contributed by atoms with Crippen molar-refractivity contribution in [2.24, 2.45) is 0 Å². The maximum atomic E-state index is 13.8. The largest absolute Gasteiger partial charge is 0.461 e. The minimum Gasteiger partial charge on any atom is -0.461 e. The van der Waals surface area contributed by atoms with E-state index in [0.717, 1.165) is 5.39 Å². The molecule has 18 heavy (non-hydrogen) atoms. The summed E-state index contributed by atoms with van der Waals surface area (Å²) < 4.78 is 32.0. The number of ether oxygens (including phenoxy) is 1. The number of halogens is 2. The van der Waals surface area contributed by atoms with Gasteiger partial charge in [0.05, 0.1) is 6.61 Å². The van der Waals surface area contributed by atoms with Crippen molar-refractivity contribution >= 4 is 16.7 Å². The van der Waals surface area contributed by atoms with E-state index in [1.807, 2.05) is 12.1 Å². The van der Waals surface area contributed by atoms with Crippen molar-refractivity contribution in [3.8, 4) is 0 Å². The minimum absolute atomic E-state index is 0.0675. The maximum Gasteiger partial charge on any atom is 0.381 e. The third-order valence-electron chi connectivity index (χ3n) is 2.64. The molecule has 4 heteroatoms. The lowest BCUT2D eigenvalue weighted by molar-refractivity contribution is -0.173. The molecule has 0 radical (unpaired) electrons. The van der Waals surface area contributed by atoms with Crippen molar-refractivity contribution in [2.75, 3.05) is 6.61 Å².